The minimum absolute atomic E-state index is 0.0515. The minimum Gasteiger partial charge on any atom is -0.399 e. The van der Waals surface area contributed by atoms with Crippen LogP contribution in [0.4, 0.5) is 5.69 Å². The predicted molar refractivity (Wildman–Crippen MR) is 74.9 cm³/mol. The molecule has 92 valence electrons. The molecule has 0 fully saturated rings. The summed E-state index contributed by atoms with van der Waals surface area (Å²) >= 11 is 0. The van der Waals surface area contributed by atoms with Gasteiger partial charge in [-0.25, -0.2) is 0 Å². The highest BCUT2D eigenvalue weighted by Crippen LogP contribution is 2.19. The van der Waals surface area contributed by atoms with Crippen molar-refractivity contribution in [2.24, 2.45) is 0 Å². The average Bonchev–Trinajstić information content (AvgIpc) is 2.32. The molecule has 0 radical (unpaired) electrons. The summed E-state index contributed by atoms with van der Waals surface area (Å²) in [6, 6.07) is 11.3. The molecule has 2 heteroatoms. The van der Waals surface area contributed by atoms with Gasteiger partial charge in [-0.2, -0.15) is 0 Å². The summed E-state index contributed by atoms with van der Waals surface area (Å²) in [5.74, 6) is 0.0515. The highest BCUT2D eigenvalue weighted by molar-refractivity contribution is 6.10. The number of ketones is 1. The third-order valence-electron chi connectivity index (χ3n) is 3.16. The van der Waals surface area contributed by atoms with Crippen LogP contribution in [0.5, 0.6) is 0 Å². The molecule has 0 saturated carbocycles. The lowest BCUT2D eigenvalue weighted by Gasteiger charge is -2.08. The lowest BCUT2D eigenvalue weighted by atomic mass is 9.96. The number of carbonyl (C=O) groups excluding carboxylic acids is 1. The van der Waals surface area contributed by atoms with E-state index in [9.17, 15) is 4.79 Å². The SMILES string of the molecule is Cc1ccc(C(=O)c2ccc(N)c(C)c2)c(C)c1. The maximum absolute atomic E-state index is 12.4. The van der Waals surface area contributed by atoms with Gasteiger partial charge < -0.3 is 5.73 Å². The molecular weight excluding hydrogens is 222 g/mol. The van der Waals surface area contributed by atoms with Crippen LogP contribution >= 0.6 is 0 Å². The van der Waals surface area contributed by atoms with E-state index in [1.165, 1.54) is 0 Å². The van der Waals surface area contributed by atoms with E-state index in [4.69, 9.17) is 5.73 Å². The summed E-state index contributed by atoms with van der Waals surface area (Å²) in [7, 11) is 0. The smallest absolute Gasteiger partial charge is 0.193 e. The second kappa shape index (κ2) is 4.65. The molecule has 0 aliphatic heterocycles. The Labute approximate surface area is 107 Å². The number of nitrogens with two attached hydrogens (primary N) is 1. The van der Waals surface area contributed by atoms with Crippen LogP contribution in [0.2, 0.25) is 0 Å². The van der Waals surface area contributed by atoms with Crippen molar-refractivity contribution < 1.29 is 4.79 Å². The van der Waals surface area contributed by atoms with E-state index < -0.39 is 0 Å². The standard InChI is InChI=1S/C16H17NO/c1-10-4-6-14(11(2)8-10)16(18)13-5-7-15(17)12(3)9-13/h4-9H,17H2,1-3H3. The molecule has 2 N–H and O–H groups in total. The third-order valence-corrected chi connectivity index (χ3v) is 3.16. The fourth-order valence-corrected chi connectivity index (χ4v) is 2.04. The Morgan fingerprint density at radius 3 is 2.28 bits per heavy atom. The van der Waals surface area contributed by atoms with Gasteiger partial charge in [-0.1, -0.05) is 23.8 Å². The van der Waals surface area contributed by atoms with E-state index in [2.05, 4.69) is 0 Å². The summed E-state index contributed by atoms with van der Waals surface area (Å²) in [6.45, 7) is 5.90. The molecule has 0 spiro atoms. The highest BCUT2D eigenvalue weighted by atomic mass is 16.1. The Morgan fingerprint density at radius 1 is 0.944 bits per heavy atom. The van der Waals surface area contributed by atoms with E-state index in [1.54, 1.807) is 12.1 Å². The van der Waals surface area contributed by atoms with Crippen LogP contribution in [0.1, 0.15) is 32.6 Å². The van der Waals surface area contributed by atoms with Crippen molar-refractivity contribution in [2.75, 3.05) is 5.73 Å². The van der Waals surface area contributed by atoms with E-state index in [-0.39, 0.29) is 5.78 Å². The molecule has 0 heterocycles. The van der Waals surface area contributed by atoms with E-state index in [0.29, 0.717) is 11.3 Å². The van der Waals surface area contributed by atoms with Crippen LogP contribution in [0, 0.1) is 20.8 Å². The van der Waals surface area contributed by atoms with E-state index in [1.807, 2.05) is 45.0 Å². The summed E-state index contributed by atoms with van der Waals surface area (Å²) in [5.41, 5.74) is 11.0. The number of rotatable bonds is 2. The Bertz CT molecular complexity index is 614. The molecule has 0 aromatic heterocycles. The molecule has 0 aliphatic rings. The fourth-order valence-electron chi connectivity index (χ4n) is 2.04. The summed E-state index contributed by atoms with van der Waals surface area (Å²) in [4.78, 5) is 12.4. The van der Waals surface area contributed by atoms with Crippen molar-refractivity contribution in [2.45, 2.75) is 20.8 Å². The number of hydrogen-bond acceptors (Lipinski definition) is 2. The molecule has 0 atom stereocenters. The topological polar surface area (TPSA) is 43.1 Å². The normalized spacial score (nSPS) is 10.4. The number of anilines is 1. The van der Waals surface area contributed by atoms with Gasteiger partial charge >= 0.3 is 0 Å². The van der Waals surface area contributed by atoms with Gasteiger partial charge in [0, 0.05) is 16.8 Å². The number of aryl methyl sites for hydroxylation is 3. The first kappa shape index (κ1) is 12.4. The molecule has 0 aliphatic carbocycles. The highest BCUT2D eigenvalue weighted by Gasteiger charge is 2.12. The predicted octanol–water partition coefficient (Wildman–Crippen LogP) is 3.43. The van der Waals surface area contributed by atoms with Crippen LogP contribution in [0.3, 0.4) is 0 Å². The average molecular weight is 239 g/mol. The Balaban J connectivity index is 2.44. The summed E-state index contributed by atoms with van der Waals surface area (Å²) < 4.78 is 0. The first-order chi connectivity index (χ1) is 8.49. The monoisotopic (exact) mass is 239 g/mol. The zero-order valence-corrected chi connectivity index (χ0v) is 10.9. The van der Waals surface area contributed by atoms with Crippen molar-refractivity contribution >= 4 is 11.5 Å². The maximum Gasteiger partial charge on any atom is 0.193 e. The first-order valence-corrected chi connectivity index (χ1v) is 5.97. The van der Waals surface area contributed by atoms with Crippen molar-refractivity contribution in [1.29, 1.82) is 0 Å². The molecular formula is C16H17NO. The number of nitrogen functional groups attached to an aromatic ring is 1. The molecule has 2 nitrogen and oxygen atoms in total. The van der Waals surface area contributed by atoms with Gasteiger partial charge in [-0.15, -0.1) is 0 Å². The van der Waals surface area contributed by atoms with Crippen LogP contribution < -0.4 is 5.73 Å². The quantitative estimate of drug-likeness (QED) is 0.644. The zero-order chi connectivity index (χ0) is 13.3. The third kappa shape index (κ3) is 2.28. The van der Waals surface area contributed by atoms with Gasteiger partial charge in [0.25, 0.3) is 0 Å². The van der Waals surface area contributed by atoms with Gasteiger partial charge in [0.1, 0.15) is 0 Å². The second-order valence-corrected chi connectivity index (χ2v) is 4.72. The number of hydrogen-bond donors (Lipinski definition) is 1. The molecule has 0 unspecified atom stereocenters. The molecule has 0 bridgehead atoms. The molecule has 2 aromatic carbocycles. The van der Waals surface area contributed by atoms with Crippen LogP contribution in [-0.4, -0.2) is 5.78 Å². The Kier molecular flexibility index (Phi) is 3.19. The molecule has 2 rings (SSSR count). The molecule has 2 aromatic rings. The Hall–Kier alpha value is -2.09. The van der Waals surface area contributed by atoms with Crippen molar-refractivity contribution in [3.05, 3.63) is 64.2 Å². The van der Waals surface area contributed by atoms with Gasteiger partial charge in [0.2, 0.25) is 0 Å². The number of benzene rings is 2. The van der Waals surface area contributed by atoms with Gasteiger partial charge in [0.05, 0.1) is 0 Å². The van der Waals surface area contributed by atoms with Gasteiger partial charge in [-0.3, -0.25) is 4.79 Å². The largest absolute Gasteiger partial charge is 0.399 e. The van der Waals surface area contributed by atoms with E-state index in [0.717, 1.165) is 22.3 Å². The van der Waals surface area contributed by atoms with Gasteiger partial charge in [0.15, 0.2) is 5.78 Å². The van der Waals surface area contributed by atoms with Crippen LogP contribution in [0.15, 0.2) is 36.4 Å². The molecule has 0 amide bonds. The summed E-state index contributed by atoms with van der Waals surface area (Å²) in [6.07, 6.45) is 0. The van der Waals surface area contributed by atoms with Crippen molar-refractivity contribution in [1.82, 2.24) is 0 Å². The van der Waals surface area contributed by atoms with Crippen molar-refractivity contribution in [3.8, 4) is 0 Å². The minimum atomic E-state index is 0.0515. The number of carbonyl (C=O) groups is 1. The van der Waals surface area contributed by atoms with Crippen molar-refractivity contribution in [3.63, 3.8) is 0 Å². The fraction of sp³-hybridized carbons (Fsp3) is 0.188. The second-order valence-electron chi connectivity index (χ2n) is 4.72. The molecule has 0 saturated heterocycles. The Morgan fingerprint density at radius 2 is 1.67 bits per heavy atom. The van der Waals surface area contributed by atoms with Crippen LogP contribution in [-0.2, 0) is 0 Å². The van der Waals surface area contributed by atoms with Gasteiger partial charge in [-0.05, 0) is 50.1 Å². The zero-order valence-electron chi connectivity index (χ0n) is 10.9. The summed E-state index contributed by atoms with van der Waals surface area (Å²) in [5, 5.41) is 0. The molecule has 18 heavy (non-hydrogen) atoms. The maximum atomic E-state index is 12.4. The van der Waals surface area contributed by atoms with E-state index >= 15 is 0 Å². The lowest BCUT2D eigenvalue weighted by molar-refractivity contribution is 0.103. The van der Waals surface area contributed by atoms with Crippen LogP contribution in [0.25, 0.3) is 0 Å². The lowest BCUT2D eigenvalue weighted by Crippen LogP contribution is -2.05. The first-order valence-electron chi connectivity index (χ1n) is 5.97.